The van der Waals surface area contributed by atoms with Crippen molar-refractivity contribution < 1.29 is 28.3 Å². The first-order valence-electron chi connectivity index (χ1n) is 18.2. The van der Waals surface area contributed by atoms with Gasteiger partial charge in [-0.15, -0.1) is 0 Å². The average Bonchev–Trinajstić information content (AvgIpc) is 3.15. The standard InChI is InChI=1S/C43H57NO6Si/c1-34(2)51(35(3)4,36(5)6)50-32-42(47-29-38-21-13-8-14-22-38)43(48-30-39-23-15-9-16-24-39)41(46-28-37-19-11-7-12-20-37)27-44(33-45)49-31-40-25-17-10-18-26-40/h7-26,33-36,41-43H,27-32H2,1-6H3/t41-,42+,43-/m0/s1. The van der Waals surface area contributed by atoms with Crippen LogP contribution < -0.4 is 0 Å². The summed E-state index contributed by atoms with van der Waals surface area (Å²) in [5, 5.41) is 1.31. The van der Waals surface area contributed by atoms with Crippen LogP contribution in [0.1, 0.15) is 63.8 Å². The van der Waals surface area contributed by atoms with Crippen LogP contribution in [0.4, 0.5) is 0 Å². The first-order valence-corrected chi connectivity index (χ1v) is 20.4. The van der Waals surface area contributed by atoms with E-state index >= 15 is 0 Å². The molecule has 0 unspecified atom stereocenters. The molecule has 4 aromatic carbocycles. The number of benzene rings is 4. The molecule has 51 heavy (non-hydrogen) atoms. The zero-order valence-electron chi connectivity index (χ0n) is 31.2. The van der Waals surface area contributed by atoms with Gasteiger partial charge < -0.3 is 18.6 Å². The maximum atomic E-state index is 12.6. The summed E-state index contributed by atoms with van der Waals surface area (Å²) in [6.45, 7) is 15.4. The molecule has 0 radical (unpaired) electrons. The molecule has 3 atom stereocenters. The second-order valence-electron chi connectivity index (χ2n) is 14.0. The van der Waals surface area contributed by atoms with E-state index in [0.29, 0.717) is 49.5 Å². The largest absolute Gasteiger partial charge is 0.413 e. The summed E-state index contributed by atoms with van der Waals surface area (Å²) < 4.78 is 27.7. The van der Waals surface area contributed by atoms with Crippen LogP contribution in [0.5, 0.6) is 0 Å². The van der Waals surface area contributed by atoms with Gasteiger partial charge in [-0.2, -0.15) is 0 Å². The Kier molecular flexibility index (Phi) is 16.6. The van der Waals surface area contributed by atoms with Crippen LogP contribution in [0.2, 0.25) is 16.6 Å². The molecule has 0 aliphatic carbocycles. The number of ether oxygens (including phenoxy) is 3. The van der Waals surface area contributed by atoms with Crippen molar-refractivity contribution in [3.8, 4) is 0 Å². The summed E-state index contributed by atoms with van der Waals surface area (Å²) in [5.74, 6) is 0. The third-order valence-electron chi connectivity index (χ3n) is 9.55. The highest BCUT2D eigenvalue weighted by Crippen LogP contribution is 2.42. The molecule has 0 aromatic heterocycles. The van der Waals surface area contributed by atoms with E-state index < -0.39 is 26.6 Å². The third-order valence-corrected chi connectivity index (χ3v) is 15.6. The number of amides is 1. The smallest absolute Gasteiger partial charge is 0.233 e. The van der Waals surface area contributed by atoms with Crippen LogP contribution in [0.3, 0.4) is 0 Å². The highest BCUT2D eigenvalue weighted by atomic mass is 28.4. The molecule has 4 aromatic rings. The lowest BCUT2D eigenvalue weighted by Gasteiger charge is -2.44. The first-order chi connectivity index (χ1) is 24.7. The lowest BCUT2D eigenvalue weighted by atomic mass is 10.1. The number of carbonyl (C=O) groups excluding carboxylic acids is 1. The van der Waals surface area contributed by atoms with E-state index in [9.17, 15) is 4.79 Å². The highest BCUT2D eigenvalue weighted by molar-refractivity contribution is 6.77. The van der Waals surface area contributed by atoms with Gasteiger partial charge in [0.15, 0.2) is 8.32 Å². The second kappa shape index (κ2) is 21.0. The van der Waals surface area contributed by atoms with Gasteiger partial charge >= 0.3 is 0 Å². The number of nitrogens with zero attached hydrogens (tertiary/aromatic N) is 1. The Bertz CT molecular complexity index is 1490. The molecular formula is C43H57NO6Si. The van der Waals surface area contributed by atoms with Gasteiger partial charge in [-0.05, 0) is 38.9 Å². The van der Waals surface area contributed by atoms with Crippen molar-refractivity contribution in [1.29, 1.82) is 0 Å². The molecule has 274 valence electrons. The second-order valence-corrected chi connectivity index (χ2v) is 19.5. The molecular weight excluding hydrogens is 655 g/mol. The predicted octanol–water partition coefficient (Wildman–Crippen LogP) is 9.52. The van der Waals surface area contributed by atoms with Crippen molar-refractivity contribution >= 4 is 14.7 Å². The van der Waals surface area contributed by atoms with Crippen molar-refractivity contribution in [2.75, 3.05) is 13.2 Å². The maximum Gasteiger partial charge on any atom is 0.233 e. The van der Waals surface area contributed by atoms with Gasteiger partial charge in [0.25, 0.3) is 0 Å². The molecule has 0 aliphatic rings. The molecule has 0 saturated carbocycles. The van der Waals surface area contributed by atoms with Gasteiger partial charge in [-0.25, -0.2) is 5.06 Å². The summed E-state index contributed by atoms with van der Waals surface area (Å²) in [6, 6.07) is 40.0. The van der Waals surface area contributed by atoms with Crippen molar-refractivity contribution in [3.05, 3.63) is 144 Å². The molecule has 0 fully saturated rings. The number of hydrogen-bond donors (Lipinski definition) is 0. The SMILES string of the molecule is CC(C)[Si](OC[C@@H](OCc1ccccc1)[C@@H](OCc1ccccc1)[C@H](CN(C=O)OCc1ccccc1)OCc1ccccc1)(C(C)C)C(C)C. The van der Waals surface area contributed by atoms with Gasteiger partial charge in [0.1, 0.15) is 24.9 Å². The summed E-state index contributed by atoms with van der Waals surface area (Å²) in [6.07, 6.45) is -1.08. The summed E-state index contributed by atoms with van der Waals surface area (Å²) in [5.41, 5.74) is 5.20. The molecule has 0 bridgehead atoms. The van der Waals surface area contributed by atoms with Crippen molar-refractivity contribution in [2.24, 2.45) is 0 Å². The van der Waals surface area contributed by atoms with Gasteiger partial charge in [0, 0.05) is 0 Å². The van der Waals surface area contributed by atoms with Crippen molar-refractivity contribution in [2.45, 2.75) is 103 Å². The zero-order chi connectivity index (χ0) is 36.5. The van der Waals surface area contributed by atoms with Crippen molar-refractivity contribution in [3.63, 3.8) is 0 Å². The number of hydroxylamine groups is 2. The van der Waals surface area contributed by atoms with E-state index in [1.54, 1.807) is 0 Å². The quantitative estimate of drug-likeness (QED) is 0.0434. The van der Waals surface area contributed by atoms with Gasteiger partial charge in [0.2, 0.25) is 6.41 Å². The van der Waals surface area contributed by atoms with E-state index in [-0.39, 0.29) is 13.2 Å². The topological polar surface area (TPSA) is 66.5 Å². The maximum absolute atomic E-state index is 12.6. The first kappa shape index (κ1) is 40.1. The number of carbonyl (C=O) groups is 1. The van der Waals surface area contributed by atoms with E-state index in [2.05, 4.69) is 53.7 Å². The number of rotatable bonds is 23. The fourth-order valence-corrected chi connectivity index (χ4v) is 12.5. The van der Waals surface area contributed by atoms with Gasteiger partial charge in [0.05, 0.1) is 33.0 Å². The molecule has 0 N–H and O–H groups in total. The van der Waals surface area contributed by atoms with Crippen LogP contribution in [0, 0.1) is 0 Å². The monoisotopic (exact) mass is 711 g/mol. The molecule has 8 heteroatoms. The lowest BCUT2D eigenvalue weighted by molar-refractivity contribution is -0.210. The van der Waals surface area contributed by atoms with Crippen LogP contribution in [0.25, 0.3) is 0 Å². The minimum atomic E-state index is -2.29. The summed E-state index contributed by atoms with van der Waals surface area (Å²) >= 11 is 0. The third kappa shape index (κ3) is 12.2. The van der Waals surface area contributed by atoms with E-state index in [1.807, 2.05) is 109 Å². The molecule has 0 spiro atoms. The Morgan fingerprint density at radius 2 is 0.902 bits per heavy atom. The van der Waals surface area contributed by atoms with Gasteiger partial charge in [-0.3, -0.25) is 9.63 Å². The van der Waals surface area contributed by atoms with Crippen LogP contribution in [-0.2, 0) is 54.7 Å². The summed E-state index contributed by atoms with van der Waals surface area (Å²) in [4.78, 5) is 18.6. The molecule has 7 nitrogen and oxygen atoms in total. The Balaban J connectivity index is 1.72. The Morgan fingerprint density at radius 1 is 0.529 bits per heavy atom. The average molecular weight is 712 g/mol. The minimum Gasteiger partial charge on any atom is -0.413 e. The molecule has 0 heterocycles. The minimum absolute atomic E-state index is 0.120. The van der Waals surface area contributed by atoms with Crippen LogP contribution in [-0.4, -0.2) is 51.3 Å². The summed E-state index contributed by atoms with van der Waals surface area (Å²) in [7, 11) is -2.29. The fraction of sp³-hybridized carbons (Fsp3) is 0.419. The van der Waals surface area contributed by atoms with Crippen LogP contribution >= 0.6 is 0 Å². The van der Waals surface area contributed by atoms with E-state index in [0.717, 1.165) is 22.3 Å². The zero-order valence-corrected chi connectivity index (χ0v) is 32.2. The van der Waals surface area contributed by atoms with E-state index in [4.69, 9.17) is 23.5 Å². The Labute approximate surface area is 306 Å². The number of hydrogen-bond acceptors (Lipinski definition) is 6. The Hall–Kier alpha value is -3.63. The van der Waals surface area contributed by atoms with Crippen LogP contribution in [0.15, 0.2) is 121 Å². The highest BCUT2D eigenvalue weighted by Gasteiger charge is 2.46. The normalized spacial score (nSPS) is 13.7. The Morgan fingerprint density at radius 3 is 1.29 bits per heavy atom. The fourth-order valence-electron chi connectivity index (χ4n) is 7.03. The van der Waals surface area contributed by atoms with E-state index in [1.165, 1.54) is 5.06 Å². The molecule has 1 amide bonds. The van der Waals surface area contributed by atoms with Crippen molar-refractivity contribution in [1.82, 2.24) is 5.06 Å². The molecule has 4 rings (SSSR count). The lowest BCUT2D eigenvalue weighted by Crippen LogP contribution is -2.53. The van der Waals surface area contributed by atoms with Gasteiger partial charge in [-0.1, -0.05) is 163 Å². The molecule has 0 saturated heterocycles. The molecule has 0 aliphatic heterocycles. The predicted molar refractivity (Wildman–Crippen MR) is 206 cm³/mol.